The number of benzene rings is 2. The lowest BCUT2D eigenvalue weighted by Gasteiger charge is -2.11. The highest BCUT2D eigenvalue weighted by molar-refractivity contribution is 5.89. The molecule has 6 nitrogen and oxygen atoms in total. The van der Waals surface area contributed by atoms with E-state index in [1.54, 1.807) is 24.3 Å². The smallest absolute Gasteiger partial charge is 0.337 e. The molecule has 0 spiro atoms. The number of ether oxygens (including phenoxy) is 1. The first kappa shape index (κ1) is 19.4. The average Bonchev–Trinajstić information content (AvgIpc) is 2.68. The second kappa shape index (κ2) is 8.52. The molecule has 144 valence electrons. The van der Waals surface area contributed by atoms with Crippen LogP contribution in [0.1, 0.15) is 41.4 Å². The number of hydrogen-bond acceptors (Lipinski definition) is 6. The number of hydrogen-bond donors (Lipinski definition) is 2. The van der Waals surface area contributed by atoms with Gasteiger partial charge in [-0.15, -0.1) is 0 Å². The van der Waals surface area contributed by atoms with E-state index in [-0.39, 0.29) is 5.97 Å². The normalized spacial score (nSPS) is 10.6. The summed E-state index contributed by atoms with van der Waals surface area (Å²) in [5.41, 5.74) is 4.37. The monoisotopic (exact) mass is 376 g/mol. The number of rotatable bonds is 6. The van der Waals surface area contributed by atoms with Crippen LogP contribution in [0.25, 0.3) is 0 Å². The molecule has 0 amide bonds. The van der Waals surface area contributed by atoms with Crippen molar-refractivity contribution in [3.05, 3.63) is 71.4 Å². The highest BCUT2D eigenvalue weighted by Crippen LogP contribution is 2.21. The Morgan fingerprint density at radius 2 is 1.54 bits per heavy atom. The number of anilines is 4. The van der Waals surface area contributed by atoms with Gasteiger partial charge in [0.15, 0.2) is 0 Å². The molecule has 0 aliphatic heterocycles. The molecule has 1 heterocycles. The van der Waals surface area contributed by atoms with E-state index >= 15 is 0 Å². The standard InChI is InChI=1S/C22H24N4O2/c1-14(2)16-5-9-19(10-6-16)25-22-23-15(3)13-20(26-22)24-18-11-7-17(8-12-18)21(27)28-4/h5-14H,1-4H3,(H2,23,24,25,26). The minimum absolute atomic E-state index is 0.362. The first-order valence-corrected chi connectivity index (χ1v) is 9.12. The average molecular weight is 376 g/mol. The van der Waals surface area contributed by atoms with Crippen molar-refractivity contribution >= 4 is 29.1 Å². The predicted octanol–water partition coefficient (Wildman–Crippen LogP) is 5.18. The van der Waals surface area contributed by atoms with Gasteiger partial charge in [0.1, 0.15) is 5.82 Å². The Bertz CT molecular complexity index is 951. The summed E-state index contributed by atoms with van der Waals surface area (Å²) in [6, 6.07) is 17.1. The first-order valence-electron chi connectivity index (χ1n) is 9.12. The van der Waals surface area contributed by atoms with Crippen molar-refractivity contribution in [1.82, 2.24) is 9.97 Å². The zero-order valence-electron chi connectivity index (χ0n) is 16.5. The zero-order chi connectivity index (χ0) is 20.1. The maximum Gasteiger partial charge on any atom is 0.337 e. The highest BCUT2D eigenvalue weighted by atomic mass is 16.5. The van der Waals surface area contributed by atoms with Crippen molar-refractivity contribution in [2.45, 2.75) is 26.7 Å². The van der Waals surface area contributed by atoms with Crippen molar-refractivity contribution in [3.8, 4) is 0 Å². The Kier molecular flexibility index (Phi) is 5.89. The molecule has 3 rings (SSSR count). The Balaban J connectivity index is 1.75. The first-order chi connectivity index (χ1) is 13.4. The third-order valence-electron chi connectivity index (χ3n) is 4.27. The van der Waals surface area contributed by atoms with Crippen LogP contribution >= 0.6 is 0 Å². The van der Waals surface area contributed by atoms with E-state index < -0.39 is 0 Å². The van der Waals surface area contributed by atoms with Crippen molar-refractivity contribution in [2.24, 2.45) is 0 Å². The Hall–Kier alpha value is -3.41. The topological polar surface area (TPSA) is 76.1 Å². The number of carbonyl (C=O) groups excluding carboxylic acids is 1. The van der Waals surface area contributed by atoms with Crippen LogP contribution in [0.5, 0.6) is 0 Å². The van der Waals surface area contributed by atoms with Gasteiger partial charge in [-0.05, 0) is 54.8 Å². The molecule has 0 unspecified atom stereocenters. The number of nitrogens with one attached hydrogen (secondary N) is 2. The number of nitrogens with zero attached hydrogens (tertiary/aromatic N) is 2. The molecular weight excluding hydrogens is 352 g/mol. The number of aromatic nitrogens is 2. The maximum absolute atomic E-state index is 11.5. The molecule has 0 saturated carbocycles. The second-order valence-corrected chi connectivity index (χ2v) is 6.81. The highest BCUT2D eigenvalue weighted by Gasteiger charge is 2.07. The van der Waals surface area contributed by atoms with Crippen LogP contribution in [0, 0.1) is 6.92 Å². The van der Waals surface area contributed by atoms with Crippen LogP contribution in [0.3, 0.4) is 0 Å². The van der Waals surface area contributed by atoms with Crippen LogP contribution in [-0.2, 0) is 4.74 Å². The lowest BCUT2D eigenvalue weighted by Crippen LogP contribution is -2.03. The van der Waals surface area contributed by atoms with E-state index in [0.717, 1.165) is 17.1 Å². The molecule has 3 aromatic rings. The molecular formula is C22H24N4O2. The fraction of sp³-hybridized carbons (Fsp3) is 0.227. The van der Waals surface area contributed by atoms with Crippen LogP contribution in [0.2, 0.25) is 0 Å². The third kappa shape index (κ3) is 4.85. The van der Waals surface area contributed by atoms with Gasteiger partial charge in [-0.3, -0.25) is 0 Å². The van der Waals surface area contributed by atoms with E-state index in [9.17, 15) is 4.79 Å². The largest absolute Gasteiger partial charge is 0.465 e. The number of methoxy groups -OCH3 is 1. The maximum atomic E-state index is 11.5. The predicted molar refractivity (Wildman–Crippen MR) is 112 cm³/mol. The van der Waals surface area contributed by atoms with Crippen molar-refractivity contribution in [3.63, 3.8) is 0 Å². The fourth-order valence-electron chi connectivity index (χ4n) is 2.72. The van der Waals surface area contributed by atoms with Gasteiger partial charge in [0.25, 0.3) is 0 Å². The fourth-order valence-corrected chi connectivity index (χ4v) is 2.72. The van der Waals surface area contributed by atoms with E-state index in [1.807, 2.05) is 25.1 Å². The molecule has 0 saturated heterocycles. The number of aryl methyl sites for hydroxylation is 1. The van der Waals surface area contributed by atoms with E-state index in [2.05, 4.69) is 46.6 Å². The summed E-state index contributed by atoms with van der Waals surface area (Å²) >= 11 is 0. The molecule has 2 N–H and O–H groups in total. The summed E-state index contributed by atoms with van der Waals surface area (Å²) in [6.45, 7) is 6.25. The summed E-state index contributed by atoms with van der Waals surface area (Å²) in [5.74, 6) is 1.32. The van der Waals surface area contributed by atoms with Gasteiger partial charge >= 0.3 is 5.97 Å². The molecule has 0 aliphatic rings. The van der Waals surface area contributed by atoms with E-state index in [1.165, 1.54) is 12.7 Å². The summed E-state index contributed by atoms with van der Waals surface area (Å²) in [4.78, 5) is 20.5. The molecule has 0 fully saturated rings. The van der Waals surface area contributed by atoms with Crippen LogP contribution in [-0.4, -0.2) is 23.0 Å². The van der Waals surface area contributed by atoms with Crippen LogP contribution in [0.4, 0.5) is 23.1 Å². The Morgan fingerprint density at radius 3 is 2.14 bits per heavy atom. The van der Waals surface area contributed by atoms with Gasteiger partial charge in [-0.1, -0.05) is 26.0 Å². The van der Waals surface area contributed by atoms with Gasteiger partial charge < -0.3 is 15.4 Å². The zero-order valence-corrected chi connectivity index (χ0v) is 16.5. The molecule has 0 aliphatic carbocycles. The van der Waals surface area contributed by atoms with Crippen molar-refractivity contribution in [2.75, 3.05) is 17.7 Å². The van der Waals surface area contributed by atoms with Gasteiger partial charge in [0.2, 0.25) is 5.95 Å². The number of esters is 1. The molecule has 6 heteroatoms. The summed E-state index contributed by atoms with van der Waals surface area (Å²) in [6.07, 6.45) is 0. The molecule has 2 aromatic carbocycles. The van der Waals surface area contributed by atoms with Gasteiger partial charge in [-0.25, -0.2) is 9.78 Å². The second-order valence-electron chi connectivity index (χ2n) is 6.81. The molecule has 0 radical (unpaired) electrons. The minimum Gasteiger partial charge on any atom is -0.465 e. The Labute approximate surface area is 165 Å². The third-order valence-corrected chi connectivity index (χ3v) is 4.27. The summed E-state index contributed by atoms with van der Waals surface area (Å²) in [5, 5.41) is 6.48. The lowest BCUT2D eigenvalue weighted by atomic mass is 10.0. The van der Waals surface area contributed by atoms with Gasteiger partial charge in [0.05, 0.1) is 12.7 Å². The lowest BCUT2D eigenvalue weighted by molar-refractivity contribution is 0.0601. The van der Waals surface area contributed by atoms with Crippen molar-refractivity contribution in [1.29, 1.82) is 0 Å². The minimum atomic E-state index is -0.362. The van der Waals surface area contributed by atoms with E-state index in [4.69, 9.17) is 4.74 Å². The number of carbonyl (C=O) groups is 1. The van der Waals surface area contributed by atoms with Crippen LogP contribution in [0.15, 0.2) is 54.6 Å². The van der Waals surface area contributed by atoms with Crippen LogP contribution < -0.4 is 10.6 Å². The molecule has 28 heavy (non-hydrogen) atoms. The van der Waals surface area contributed by atoms with E-state index in [0.29, 0.717) is 23.2 Å². The van der Waals surface area contributed by atoms with Crippen molar-refractivity contribution < 1.29 is 9.53 Å². The summed E-state index contributed by atoms with van der Waals surface area (Å²) < 4.78 is 4.71. The SMILES string of the molecule is COC(=O)c1ccc(Nc2cc(C)nc(Nc3ccc(C(C)C)cc3)n2)cc1. The summed E-state index contributed by atoms with van der Waals surface area (Å²) in [7, 11) is 1.36. The molecule has 0 bridgehead atoms. The quantitative estimate of drug-likeness (QED) is 0.577. The molecule has 1 aromatic heterocycles. The van der Waals surface area contributed by atoms with Gasteiger partial charge in [-0.2, -0.15) is 4.98 Å². The van der Waals surface area contributed by atoms with Gasteiger partial charge in [0, 0.05) is 23.1 Å². The molecule has 0 atom stereocenters. The Morgan fingerprint density at radius 1 is 0.929 bits per heavy atom.